The molecule has 0 aliphatic carbocycles. The van der Waals surface area contributed by atoms with Crippen LogP contribution in [0.1, 0.15) is 31.4 Å². The molecule has 148 valence electrons. The lowest BCUT2D eigenvalue weighted by Crippen LogP contribution is -2.35. The molecule has 0 bridgehead atoms. The maximum atomic E-state index is 6.74. The van der Waals surface area contributed by atoms with Crippen LogP contribution in [-0.4, -0.2) is 17.8 Å². The smallest absolute Gasteiger partial charge is 0.0600 e. The summed E-state index contributed by atoms with van der Waals surface area (Å²) in [5.41, 5.74) is 1.97. The van der Waals surface area contributed by atoms with Crippen molar-refractivity contribution >= 4 is 51.3 Å². The zero-order valence-electron chi connectivity index (χ0n) is 16.3. The topological polar surface area (TPSA) is 3.24 Å². The van der Waals surface area contributed by atoms with Crippen LogP contribution in [0.4, 0.5) is 0 Å². The molecule has 2 aromatic rings. The van der Waals surface area contributed by atoms with E-state index in [-0.39, 0.29) is 0 Å². The molecule has 0 radical (unpaired) electrons. The lowest BCUT2D eigenvalue weighted by Gasteiger charge is -2.40. The minimum atomic E-state index is -2.23. The van der Waals surface area contributed by atoms with Crippen LogP contribution in [0.15, 0.2) is 72.3 Å². The van der Waals surface area contributed by atoms with E-state index in [2.05, 4.69) is 30.2 Å². The Morgan fingerprint density at radius 1 is 0.857 bits per heavy atom. The average Bonchev–Trinajstić information content (AvgIpc) is 2.68. The summed E-state index contributed by atoms with van der Waals surface area (Å²) in [6, 6.07) is 20.0. The molecule has 0 aromatic heterocycles. The van der Waals surface area contributed by atoms with E-state index in [4.69, 9.17) is 35.0 Å². The third-order valence-corrected chi connectivity index (χ3v) is 9.74. The standard InChI is InChI=1S/C23H26Cl2NPS/c1-18-13-19(2)15-26(14-18)27(28,16-22(24)20-9-5-3-6-10-20)17-23(25)21-11-7-4-8-12-21/h3-12,16-19H,13-15H2,1-2H3/b22-16-,23-17-. The van der Waals surface area contributed by atoms with Crippen molar-refractivity contribution in [3.8, 4) is 0 Å². The normalized spacial score (nSPS) is 22.3. The summed E-state index contributed by atoms with van der Waals surface area (Å²) >= 11 is 19.8. The number of benzene rings is 2. The molecule has 1 nitrogen and oxygen atoms in total. The molecular weight excluding hydrogens is 424 g/mol. The van der Waals surface area contributed by atoms with Crippen molar-refractivity contribution in [1.82, 2.24) is 4.67 Å². The van der Waals surface area contributed by atoms with Gasteiger partial charge in [0.25, 0.3) is 0 Å². The largest absolute Gasteiger partial charge is 0.268 e. The van der Waals surface area contributed by atoms with E-state index in [9.17, 15) is 0 Å². The van der Waals surface area contributed by atoms with Gasteiger partial charge in [-0.15, -0.1) is 0 Å². The molecule has 3 rings (SSSR count). The van der Waals surface area contributed by atoms with E-state index in [1.807, 2.05) is 60.7 Å². The highest BCUT2D eigenvalue weighted by Gasteiger charge is 2.30. The molecule has 2 unspecified atom stereocenters. The highest BCUT2D eigenvalue weighted by molar-refractivity contribution is 8.16. The first-order valence-electron chi connectivity index (χ1n) is 9.60. The lowest BCUT2D eigenvalue weighted by atomic mass is 9.94. The van der Waals surface area contributed by atoms with E-state index >= 15 is 0 Å². The van der Waals surface area contributed by atoms with Crippen LogP contribution >= 0.6 is 29.4 Å². The van der Waals surface area contributed by atoms with Crippen molar-refractivity contribution < 1.29 is 0 Å². The monoisotopic (exact) mass is 449 g/mol. The molecule has 28 heavy (non-hydrogen) atoms. The maximum Gasteiger partial charge on any atom is 0.0600 e. The summed E-state index contributed by atoms with van der Waals surface area (Å²) in [6.07, 6.45) is -1.000. The van der Waals surface area contributed by atoms with Gasteiger partial charge >= 0.3 is 0 Å². The van der Waals surface area contributed by atoms with E-state index in [0.29, 0.717) is 21.9 Å². The molecule has 0 spiro atoms. The molecule has 1 aliphatic rings. The van der Waals surface area contributed by atoms with Crippen molar-refractivity contribution in [3.63, 3.8) is 0 Å². The van der Waals surface area contributed by atoms with E-state index in [1.54, 1.807) is 0 Å². The third kappa shape index (κ3) is 5.59. The molecular formula is C23H26Cl2NPS. The summed E-state index contributed by atoms with van der Waals surface area (Å²) in [5, 5.41) is 1.40. The average molecular weight is 450 g/mol. The second-order valence-corrected chi connectivity index (χ2v) is 12.7. The van der Waals surface area contributed by atoms with Gasteiger partial charge in [-0.2, -0.15) is 0 Å². The number of hydrogen-bond acceptors (Lipinski definition) is 1. The molecule has 0 saturated carbocycles. The van der Waals surface area contributed by atoms with E-state index in [0.717, 1.165) is 24.2 Å². The van der Waals surface area contributed by atoms with Gasteiger partial charge in [0.1, 0.15) is 0 Å². The first kappa shape index (κ1) is 21.8. The van der Waals surface area contributed by atoms with Gasteiger partial charge in [-0.1, -0.05) is 110 Å². The summed E-state index contributed by atoms with van der Waals surface area (Å²) in [7, 11) is 0. The lowest BCUT2D eigenvalue weighted by molar-refractivity contribution is 0.232. The molecule has 1 fully saturated rings. The van der Waals surface area contributed by atoms with E-state index in [1.165, 1.54) is 6.42 Å². The van der Waals surface area contributed by atoms with Crippen molar-refractivity contribution in [2.24, 2.45) is 11.8 Å². The first-order valence-corrected chi connectivity index (χ1v) is 13.2. The van der Waals surface area contributed by atoms with Crippen molar-refractivity contribution in [3.05, 3.63) is 83.4 Å². The Hall–Kier alpha value is -0.890. The minimum absolute atomic E-state index is 0.610. The molecule has 1 aliphatic heterocycles. The number of halogens is 2. The SMILES string of the molecule is CC1CC(C)CN(P(=S)(/C=C(\Cl)c2ccccc2)/C=C(\Cl)c2ccccc2)C1. The van der Waals surface area contributed by atoms with Crippen molar-refractivity contribution in [2.75, 3.05) is 13.1 Å². The highest BCUT2D eigenvalue weighted by atomic mass is 35.5. The van der Waals surface area contributed by atoms with Gasteiger partial charge in [0.2, 0.25) is 0 Å². The van der Waals surface area contributed by atoms with Gasteiger partial charge in [0, 0.05) is 13.1 Å². The zero-order chi connectivity index (χ0) is 20.1. The quantitative estimate of drug-likeness (QED) is 0.427. The number of rotatable bonds is 5. The van der Waals surface area contributed by atoms with Crippen molar-refractivity contribution in [2.45, 2.75) is 20.3 Å². The maximum absolute atomic E-state index is 6.74. The Kier molecular flexibility index (Phi) is 7.59. The molecule has 0 amide bonds. The molecule has 0 N–H and O–H groups in total. The van der Waals surface area contributed by atoms with Crippen LogP contribution in [-0.2, 0) is 11.8 Å². The predicted molar refractivity (Wildman–Crippen MR) is 129 cm³/mol. The van der Waals surface area contributed by atoms with Gasteiger partial charge in [-0.3, -0.25) is 4.67 Å². The Bertz CT molecular complexity index is 826. The van der Waals surface area contributed by atoms with Crippen LogP contribution in [0.25, 0.3) is 10.1 Å². The second kappa shape index (κ2) is 9.74. The highest BCUT2D eigenvalue weighted by Crippen LogP contribution is 2.58. The van der Waals surface area contributed by atoms with Crippen LogP contribution in [0.5, 0.6) is 0 Å². The fraction of sp³-hybridized carbons (Fsp3) is 0.304. The van der Waals surface area contributed by atoms with Gasteiger partial charge in [-0.25, -0.2) is 0 Å². The first-order chi connectivity index (χ1) is 13.4. The second-order valence-electron chi connectivity index (χ2n) is 7.68. The summed E-state index contributed by atoms with van der Waals surface area (Å²) < 4.78 is 2.44. The molecule has 2 atom stereocenters. The Morgan fingerprint density at radius 2 is 1.25 bits per heavy atom. The van der Waals surface area contributed by atoms with Crippen LogP contribution in [0.3, 0.4) is 0 Å². The van der Waals surface area contributed by atoms with Gasteiger partial charge in [-0.05, 0) is 41.0 Å². The van der Waals surface area contributed by atoms with Crippen molar-refractivity contribution in [1.29, 1.82) is 0 Å². The molecule has 2 aromatic carbocycles. The fourth-order valence-corrected chi connectivity index (χ4v) is 8.70. The Balaban J connectivity index is 2.04. The predicted octanol–water partition coefficient (Wildman–Crippen LogP) is 7.83. The number of piperidine rings is 1. The van der Waals surface area contributed by atoms with Gasteiger partial charge in [0.05, 0.1) is 16.3 Å². The third-order valence-electron chi connectivity index (χ3n) is 4.99. The number of hydrogen-bond donors (Lipinski definition) is 0. The fourth-order valence-electron chi connectivity index (χ4n) is 3.75. The van der Waals surface area contributed by atoms with Gasteiger partial charge in [0.15, 0.2) is 0 Å². The zero-order valence-corrected chi connectivity index (χ0v) is 19.5. The van der Waals surface area contributed by atoms with Crippen LogP contribution in [0.2, 0.25) is 0 Å². The van der Waals surface area contributed by atoms with Gasteiger partial charge < -0.3 is 0 Å². The van der Waals surface area contributed by atoms with E-state index < -0.39 is 6.19 Å². The molecule has 1 saturated heterocycles. The van der Waals surface area contributed by atoms with Crippen LogP contribution < -0.4 is 0 Å². The summed E-state index contributed by atoms with van der Waals surface area (Å²) in [4.78, 5) is 0. The Labute approximate surface area is 184 Å². The summed E-state index contributed by atoms with van der Waals surface area (Å²) in [6.45, 7) is 6.56. The molecule has 5 heteroatoms. The number of nitrogens with zero attached hydrogens (tertiary/aromatic N) is 1. The minimum Gasteiger partial charge on any atom is -0.268 e. The molecule has 1 heterocycles. The summed E-state index contributed by atoms with van der Waals surface area (Å²) in [5.74, 6) is 5.38. The Morgan fingerprint density at radius 3 is 1.64 bits per heavy atom. The van der Waals surface area contributed by atoms with Crippen LogP contribution in [0, 0.1) is 11.8 Å².